The van der Waals surface area contributed by atoms with Gasteiger partial charge in [0.2, 0.25) is 0 Å². The van der Waals surface area contributed by atoms with E-state index in [-0.39, 0.29) is 24.0 Å². The molecule has 1 heterocycles. The summed E-state index contributed by atoms with van der Waals surface area (Å²) in [4.78, 5) is 30.8. The van der Waals surface area contributed by atoms with Crippen LogP contribution in [-0.4, -0.2) is 63.3 Å². The maximum absolute atomic E-state index is 14.1. The summed E-state index contributed by atoms with van der Waals surface area (Å²) in [6.07, 6.45) is 1.04. The molecule has 4 rings (SSSR count). The van der Waals surface area contributed by atoms with E-state index in [9.17, 15) is 9.59 Å². The minimum absolute atomic E-state index is 0.0833. The first-order valence-corrected chi connectivity index (χ1v) is 15.7. The lowest BCUT2D eigenvalue weighted by molar-refractivity contribution is -0.122. The topological polar surface area (TPSA) is 59.1 Å². The van der Waals surface area contributed by atoms with Crippen LogP contribution in [0.2, 0.25) is 5.04 Å². The minimum Gasteiger partial charge on any atom is -0.445 e. The van der Waals surface area contributed by atoms with Gasteiger partial charge in [-0.25, -0.2) is 4.79 Å². The fourth-order valence-electron chi connectivity index (χ4n) is 5.37. The van der Waals surface area contributed by atoms with Crippen molar-refractivity contribution in [2.45, 2.75) is 44.9 Å². The number of ether oxygens (including phenoxy) is 1. The molecule has 3 aromatic rings. The van der Waals surface area contributed by atoms with Crippen molar-refractivity contribution >= 4 is 30.6 Å². The van der Waals surface area contributed by atoms with Gasteiger partial charge in [0.15, 0.2) is 5.78 Å². The average Bonchev–Trinajstić information content (AvgIpc) is 3.09. The van der Waals surface area contributed by atoms with E-state index < -0.39 is 20.5 Å². The Morgan fingerprint density at radius 3 is 1.95 bits per heavy atom. The molecule has 3 aromatic carbocycles. The lowest BCUT2D eigenvalue weighted by Crippen LogP contribution is -2.68. The summed E-state index contributed by atoms with van der Waals surface area (Å²) in [6, 6.07) is 30.2. The maximum Gasteiger partial charge on any atom is 0.410 e. The molecule has 7 heteroatoms. The van der Waals surface area contributed by atoms with Crippen molar-refractivity contribution in [2.24, 2.45) is 0 Å². The van der Waals surface area contributed by atoms with E-state index in [0.717, 1.165) is 15.9 Å². The van der Waals surface area contributed by atoms with Crippen molar-refractivity contribution in [3.8, 4) is 0 Å². The van der Waals surface area contributed by atoms with Gasteiger partial charge in [0.05, 0.1) is 6.54 Å². The van der Waals surface area contributed by atoms with Gasteiger partial charge in [-0.1, -0.05) is 112 Å². The van der Waals surface area contributed by atoms with E-state index in [2.05, 4.69) is 45.0 Å². The molecule has 1 fully saturated rings. The van der Waals surface area contributed by atoms with Crippen LogP contribution in [0.3, 0.4) is 0 Å². The van der Waals surface area contributed by atoms with E-state index in [0.29, 0.717) is 18.5 Å². The largest absolute Gasteiger partial charge is 0.445 e. The average molecular weight is 557 g/mol. The first kappa shape index (κ1) is 29.3. The Balaban J connectivity index is 1.69. The smallest absolute Gasteiger partial charge is 0.410 e. The molecule has 0 radical (unpaired) electrons. The number of Topliss-reactive ketones (excluding diaryl/α,β-unsaturated/α-hetero) is 1. The molecular formula is C33H40N2O4Si. The molecule has 0 aliphatic carbocycles. The van der Waals surface area contributed by atoms with Gasteiger partial charge in [-0.15, -0.1) is 0 Å². The second-order valence-electron chi connectivity index (χ2n) is 11.5. The van der Waals surface area contributed by atoms with Gasteiger partial charge >= 0.3 is 6.09 Å². The van der Waals surface area contributed by atoms with Crippen molar-refractivity contribution in [1.29, 1.82) is 0 Å². The summed E-state index contributed by atoms with van der Waals surface area (Å²) in [5.41, 5.74) is 1.45. The third-order valence-corrected chi connectivity index (χ3v) is 12.3. The zero-order chi connectivity index (χ0) is 28.8. The van der Waals surface area contributed by atoms with Gasteiger partial charge in [0, 0.05) is 32.4 Å². The van der Waals surface area contributed by atoms with Gasteiger partial charge in [0.1, 0.15) is 12.7 Å². The fraction of sp³-hybridized carbons (Fsp3) is 0.333. The molecule has 1 saturated heterocycles. The van der Waals surface area contributed by atoms with Crippen LogP contribution in [0.25, 0.3) is 0 Å². The van der Waals surface area contributed by atoms with Gasteiger partial charge in [0.25, 0.3) is 8.32 Å². The summed E-state index contributed by atoms with van der Waals surface area (Å²) in [7, 11) is 0.777. The molecule has 6 nitrogen and oxygen atoms in total. The molecule has 1 aliphatic heterocycles. The van der Waals surface area contributed by atoms with Crippen LogP contribution in [0, 0.1) is 0 Å². The highest BCUT2D eigenvalue weighted by molar-refractivity contribution is 6.99. The normalized spacial score (nSPS) is 17.4. The highest BCUT2D eigenvalue weighted by Gasteiger charge is 2.52. The number of benzene rings is 3. The molecule has 1 aliphatic rings. The Morgan fingerprint density at radius 2 is 1.45 bits per heavy atom. The Kier molecular flexibility index (Phi) is 9.27. The minimum atomic E-state index is -2.98. The van der Waals surface area contributed by atoms with Gasteiger partial charge in [-0.2, -0.15) is 0 Å². The Labute approximate surface area is 239 Å². The van der Waals surface area contributed by atoms with Crippen LogP contribution in [-0.2, 0) is 20.6 Å². The number of carbonyl (C=O) groups is 2. The van der Waals surface area contributed by atoms with Gasteiger partial charge in [-0.05, 0) is 27.4 Å². The van der Waals surface area contributed by atoms with Crippen LogP contribution >= 0.6 is 0 Å². The quantitative estimate of drug-likeness (QED) is 0.303. The molecule has 0 saturated carbocycles. The fourth-order valence-corrected chi connectivity index (χ4v) is 10.0. The Hall–Kier alpha value is -3.68. The van der Waals surface area contributed by atoms with Crippen molar-refractivity contribution in [1.82, 2.24) is 9.80 Å². The predicted molar refractivity (Wildman–Crippen MR) is 162 cm³/mol. The number of hydrogen-bond acceptors (Lipinski definition) is 5. The molecule has 1 unspecified atom stereocenters. The highest BCUT2D eigenvalue weighted by Crippen LogP contribution is 2.38. The molecule has 0 spiro atoms. The maximum atomic E-state index is 14.1. The molecular weight excluding hydrogens is 516 g/mol. The predicted octanol–water partition coefficient (Wildman–Crippen LogP) is 4.99. The Bertz CT molecular complexity index is 1270. The number of amides is 1. The number of rotatable bonds is 7. The number of hydrogen-bond donors (Lipinski definition) is 0. The van der Waals surface area contributed by atoms with Crippen molar-refractivity contribution < 1.29 is 18.8 Å². The number of carbonyl (C=O) groups excluding carboxylic acids is 2. The van der Waals surface area contributed by atoms with E-state index in [4.69, 9.17) is 9.16 Å². The monoisotopic (exact) mass is 556 g/mol. The molecule has 1 atom stereocenters. The molecule has 1 amide bonds. The van der Waals surface area contributed by atoms with Crippen LogP contribution in [0.15, 0.2) is 103 Å². The Morgan fingerprint density at radius 1 is 0.925 bits per heavy atom. The van der Waals surface area contributed by atoms with Crippen molar-refractivity contribution in [3.05, 3.63) is 108 Å². The van der Waals surface area contributed by atoms with Crippen LogP contribution in [0.5, 0.6) is 0 Å². The summed E-state index contributed by atoms with van der Waals surface area (Å²) in [6.45, 7) is 7.30. The lowest BCUT2D eigenvalue weighted by atomic mass is 10.1. The lowest BCUT2D eigenvalue weighted by Gasteiger charge is -2.44. The van der Waals surface area contributed by atoms with E-state index in [1.54, 1.807) is 11.1 Å². The van der Waals surface area contributed by atoms with Crippen LogP contribution in [0.1, 0.15) is 32.8 Å². The van der Waals surface area contributed by atoms with Gasteiger partial charge < -0.3 is 19.0 Å². The molecule has 0 N–H and O–H groups in total. The van der Waals surface area contributed by atoms with E-state index in [1.165, 1.54) is 0 Å². The summed E-state index contributed by atoms with van der Waals surface area (Å²) >= 11 is 0. The zero-order valence-electron chi connectivity index (χ0n) is 24.2. The third kappa shape index (κ3) is 6.54. The van der Waals surface area contributed by atoms with Crippen LogP contribution < -0.4 is 10.4 Å². The third-order valence-electron chi connectivity index (χ3n) is 7.24. The summed E-state index contributed by atoms with van der Waals surface area (Å²) in [5.74, 6) is -0.0833. The second-order valence-corrected chi connectivity index (χ2v) is 15.8. The standard InChI is InChI=1S/C33H40N2O4Si/c1-33(2,3)40(28-17-11-7-12-18-28,29-19-13-8-14-20-29)39-30-21-22-35(24-27(31(30)36)23-34(4)5)32(37)38-25-26-15-9-6-10-16-26/h6-20,23,30H,21-22,24-25H2,1-5H3/b27-23+. The van der Waals surface area contributed by atoms with Crippen LogP contribution in [0.4, 0.5) is 4.79 Å². The zero-order valence-corrected chi connectivity index (χ0v) is 25.2. The number of nitrogens with zero attached hydrogens (tertiary/aromatic N) is 2. The molecule has 0 bridgehead atoms. The number of ketones is 1. The van der Waals surface area contributed by atoms with Crippen molar-refractivity contribution in [2.75, 3.05) is 27.2 Å². The summed E-state index contributed by atoms with van der Waals surface area (Å²) < 4.78 is 12.9. The number of likely N-dealkylation sites (tertiary alicyclic amines) is 1. The molecule has 40 heavy (non-hydrogen) atoms. The molecule has 0 aromatic heterocycles. The van der Waals surface area contributed by atoms with E-state index in [1.807, 2.05) is 85.7 Å². The second kappa shape index (κ2) is 12.7. The van der Waals surface area contributed by atoms with Crippen molar-refractivity contribution in [3.63, 3.8) is 0 Å². The first-order valence-electron chi connectivity index (χ1n) is 13.8. The summed E-state index contributed by atoms with van der Waals surface area (Å²) in [5, 5.41) is 1.95. The highest BCUT2D eigenvalue weighted by atomic mass is 28.4. The first-order chi connectivity index (χ1) is 19.1. The van der Waals surface area contributed by atoms with E-state index >= 15 is 0 Å². The van der Waals surface area contributed by atoms with Gasteiger partial charge in [-0.3, -0.25) is 4.79 Å². The molecule has 210 valence electrons. The SMILES string of the molecule is CN(C)/C=C1\CN(C(=O)OCc2ccccc2)CCC(O[Si](c2ccccc2)(c2ccccc2)C(C)(C)C)C1=O.